The highest BCUT2D eigenvalue weighted by molar-refractivity contribution is 14.0. The highest BCUT2D eigenvalue weighted by atomic mass is 127. The van der Waals surface area contributed by atoms with Crippen LogP contribution in [0.25, 0.3) is 0 Å². The molecule has 23 heavy (non-hydrogen) atoms. The van der Waals surface area contributed by atoms with Crippen LogP contribution in [0.3, 0.4) is 0 Å². The normalized spacial score (nSPS) is 12.6. The van der Waals surface area contributed by atoms with Crippen molar-refractivity contribution in [1.29, 1.82) is 0 Å². The van der Waals surface area contributed by atoms with Crippen LogP contribution in [-0.2, 0) is 6.54 Å². The molecule has 0 radical (unpaired) electrons. The molecule has 0 saturated heterocycles. The van der Waals surface area contributed by atoms with Gasteiger partial charge in [-0.2, -0.15) is 0 Å². The van der Waals surface area contributed by atoms with Crippen molar-refractivity contribution < 1.29 is 9.52 Å². The van der Waals surface area contributed by atoms with Crippen LogP contribution in [0.2, 0.25) is 0 Å². The van der Waals surface area contributed by atoms with Crippen LogP contribution < -0.4 is 5.32 Å². The van der Waals surface area contributed by atoms with Crippen molar-refractivity contribution in [2.45, 2.75) is 26.5 Å². The molecule has 6 nitrogen and oxygen atoms in total. The molecule has 0 amide bonds. The van der Waals surface area contributed by atoms with E-state index < -0.39 is 6.10 Å². The maximum absolute atomic E-state index is 10.0. The van der Waals surface area contributed by atoms with Gasteiger partial charge in [-0.05, 0) is 26.0 Å². The molecular weight excluding hydrogens is 427 g/mol. The lowest BCUT2D eigenvalue weighted by Gasteiger charge is -2.21. The molecule has 0 aliphatic carbocycles. The van der Waals surface area contributed by atoms with Crippen molar-refractivity contribution in [2.24, 2.45) is 4.99 Å². The monoisotopic (exact) mass is 450 g/mol. The topological polar surface area (TPSA) is 73.9 Å². The molecule has 8 heteroatoms. The summed E-state index contributed by atoms with van der Waals surface area (Å²) in [5, 5.41) is 16.4. The maximum Gasteiger partial charge on any atom is 0.194 e. The van der Waals surface area contributed by atoms with E-state index in [2.05, 4.69) is 15.3 Å². The maximum atomic E-state index is 10.0. The number of rotatable bonds is 6. The predicted molar refractivity (Wildman–Crippen MR) is 103 cm³/mol. The number of aryl methyl sites for hydroxylation is 1. The molecule has 2 aromatic heterocycles. The van der Waals surface area contributed by atoms with E-state index in [4.69, 9.17) is 4.42 Å². The smallest absolute Gasteiger partial charge is 0.194 e. The van der Waals surface area contributed by atoms with Gasteiger partial charge in [-0.15, -0.1) is 35.3 Å². The largest absolute Gasteiger partial charge is 0.467 e. The van der Waals surface area contributed by atoms with E-state index in [1.54, 1.807) is 29.7 Å². The summed E-state index contributed by atoms with van der Waals surface area (Å²) >= 11 is 1.64. The molecule has 0 aromatic carbocycles. The second-order valence-corrected chi connectivity index (χ2v) is 6.00. The second kappa shape index (κ2) is 9.89. The molecule has 1 atom stereocenters. The lowest BCUT2D eigenvalue weighted by molar-refractivity contribution is 0.158. The number of aliphatic hydroxyl groups excluding tert-OH is 1. The van der Waals surface area contributed by atoms with Crippen molar-refractivity contribution in [3.8, 4) is 0 Å². The summed E-state index contributed by atoms with van der Waals surface area (Å²) in [4.78, 5) is 10.9. The first-order valence-corrected chi connectivity index (χ1v) is 8.10. The molecule has 2 heterocycles. The zero-order valence-electron chi connectivity index (χ0n) is 13.5. The third-order valence-corrected chi connectivity index (χ3v) is 3.87. The highest BCUT2D eigenvalue weighted by Crippen LogP contribution is 2.14. The summed E-state index contributed by atoms with van der Waals surface area (Å²) in [6, 6.07) is 3.50. The lowest BCUT2D eigenvalue weighted by atomic mass is 10.3. The first-order chi connectivity index (χ1) is 10.6. The van der Waals surface area contributed by atoms with E-state index >= 15 is 0 Å². The Bertz CT molecular complexity index is 600. The van der Waals surface area contributed by atoms with Crippen molar-refractivity contribution >= 4 is 41.3 Å². The third kappa shape index (κ3) is 6.11. The van der Waals surface area contributed by atoms with Crippen LogP contribution in [0.4, 0.5) is 0 Å². The Labute approximate surface area is 157 Å². The fraction of sp³-hybridized carbons (Fsp3) is 0.467. The van der Waals surface area contributed by atoms with E-state index in [1.807, 2.05) is 31.2 Å². The number of nitrogens with zero attached hydrogens (tertiary/aromatic N) is 3. The number of aromatic nitrogens is 1. The molecule has 0 bridgehead atoms. The standard InChI is InChI=1S/C15H22N4O2S.HI/c1-4-16-15(17-8-13(20)14-6-5-7-21-14)19(3)9-12-10-22-11(2)18-12;/h5-7,10,13,20H,4,8-9H2,1-3H3,(H,16,17);1H. The van der Waals surface area contributed by atoms with Crippen molar-refractivity contribution in [3.05, 3.63) is 40.2 Å². The molecule has 1 unspecified atom stereocenters. The summed E-state index contributed by atoms with van der Waals surface area (Å²) in [7, 11) is 1.95. The van der Waals surface area contributed by atoms with Crippen LogP contribution >= 0.6 is 35.3 Å². The Balaban J connectivity index is 0.00000264. The number of guanidine groups is 1. The SMILES string of the molecule is CCNC(=NCC(O)c1ccco1)N(C)Cc1csc(C)n1.I. The average Bonchev–Trinajstić information content (AvgIpc) is 3.14. The van der Waals surface area contributed by atoms with Gasteiger partial charge in [0.2, 0.25) is 0 Å². The molecule has 0 spiro atoms. The van der Waals surface area contributed by atoms with Crippen molar-refractivity contribution in [3.63, 3.8) is 0 Å². The van der Waals surface area contributed by atoms with Gasteiger partial charge in [-0.3, -0.25) is 0 Å². The number of aliphatic hydroxyl groups is 1. The minimum atomic E-state index is -0.737. The van der Waals surface area contributed by atoms with Gasteiger partial charge in [0.05, 0.1) is 30.1 Å². The first-order valence-electron chi connectivity index (χ1n) is 7.22. The lowest BCUT2D eigenvalue weighted by Crippen LogP contribution is -2.38. The summed E-state index contributed by atoms with van der Waals surface area (Å²) in [6.07, 6.45) is 0.808. The highest BCUT2D eigenvalue weighted by Gasteiger charge is 2.12. The molecule has 2 rings (SSSR count). The molecule has 0 saturated carbocycles. The van der Waals surface area contributed by atoms with E-state index in [9.17, 15) is 5.11 Å². The van der Waals surface area contributed by atoms with Gasteiger partial charge < -0.3 is 19.7 Å². The number of halogens is 1. The van der Waals surface area contributed by atoms with Crippen molar-refractivity contribution in [1.82, 2.24) is 15.2 Å². The average molecular weight is 450 g/mol. The molecule has 0 aliphatic rings. The van der Waals surface area contributed by atoms with Crippen LogP contribution in [0.15, 0.2) is 33.2 Å². The molecular formula is C15H23IN4O2S. The van der Waals surface area contributed by atoms with E-state index in [0.29, 0.717) is 12.3 Å². The van der Waals surface area contributed by atoms with Gasteiger partial charge in [0.25, 0.3) is 0 Å². The van der Waals surface area contributed by atoms with Crippen LogP contribution in [0, 0.1) is 6.92 Å². The predicted octanol–water partition coefficient (Wildman–Crippen LogP) is 2.79. The fourth-order valence-electron chi connectivity index (χ4n) is 2.01. The van der Waals surface area contributed by atoms with Gasteiger partial charge in [-0.1, -0.05) is 0 Å². The van der Waals surface area contributed by atoms with Gasteiger partial charge in [-0.25, -0.2) is 9.98 Å². The minimum absolute atomic E-state index is 0. The number of furan rings is 1. The Kier molecular flexibility index (Phi) is 8.56. The number of nitrogens with one attached hydrogen (secondary N) is 1. The quantitative estimate of drug-likeness (QED) is 0.402. The summed E-state index contributed by atoms with van der Waals surface area (Å²) in [6.45, 7) is 5.69. The van der Waals surface area contributed by atoms with Crippen LogP contribution in [0.1, 0.15) is 29.5 Å². The molecule has 2 N–H and O–H groups in total. The first kappa shape index (κ1) is 19.9. The number of hydrogen-bond donors (Lipinski definition) is 2. The van der Waals surface area contributed by atoms with Gasteiger partial charge in [0, 0.05) is 19.0 Å². The van der Waals surface area contributed by atoms with E-state index in [1.165, 1.54) is 0 Å². The summed E-state index contributed by atoms with van der Waals surface area (Å²) < 4.78 is 5.18. The van der Waals surface area contributed by atoms with Crippen molar-refractivity contribution in [2.75, 3.05) is 20.1 Å². The van der Waals surface area contributed by atoms with E-state index in [-0.39, 0.29) is 30.5 Å². The second-order valence-electron chi connectivity index (χ2n) is 4.94. The minimum Gasteiger partial charge on any atom is -0.467 e. The Morgan fingerprint density at radius 3 is 2.91 bits per heavy atom. The molecule has 0 fully saturated rings. The number of hydrogen-bond acceptors (Lipinski definition) is 5. The Morgan fingerprint density at radius 2 is 2.35 bits per heavy atom. The zero-order chi connectivity index (χ0) is 15.9. The van der Waals surface area contributed by atoms with Gasteiger partial charge >= 0.3 is 0 Å². The van der Waals surface area contributed by atoms with Gasteiger partial charge in [0.15, 0.2) is 5.96 Å². The summed E-state index contributed by atoms with van der Waals surface area (Å²) in [5.74, 6) is 1.26. The zero-order valence-corrected chi connectivity index (χ0v) is 16.7. The Morgan fingerprint density at radius 1 is 1.57 bits per heavy atom. The van der Waals surface area contributed by atoms with E-state index in [0.717, 1.165) is 23.2 Å². The van der Waals surface area contributed by atoms with Gasteiger partial charge in [0.1, 0.15) is 11.9 Å². The Hall–Kier alpha value is -1.13. The molecule has 128 valence electrons. The molecule has 0 aliphatic heterocycles. The fourth-order valence-corrected chi connectivity index (χ4v) is 2.62. The summed E-state index contributed by atoms with van der Waals surface area (Å²) in [5.41, 5.74) is 1.02. The van der Waals surface area contributed by atoms with Crippen LogP contribution in [-0.4, -0.2) is 41.1 Å². The third-order valence-electron chi connectivity index (χ3n) is 3.05. The number of thiazole rings is 1. The molecule has 2 aromatic rings. The van der Waals surface area contributed by atoms with Crippen LogP contribution in [0.5, 0.6) is 0 Å². The number of aliphatic imine (C=N–C) groups is 1.